The van der Waals surface area contributed by atoms with Crippen LogP contribution in [0.1, 0.15) is 37.0 Å². The molecular formula is C36H42N2O10. The smallest absolute Gasteiger partial charge is 0.407 e. The van der Waals surface area contributed by atoms with E-state index in [1.807, 2.05) is 43.3 Å². The van der Waals surface area contributed by atoms with Gasteiger partial charge < -0.3 is 48.4 Å². The molecule has 0 saturated carbocycles. The zero-order valence-corrected chi connectivity index (χ0v) is 27.5. The van der Waals surface area contributed by atoms with Crippen molar-refractivity contribution in [3.05, 3.63) is 90.0 Å². The number of nitrogens with one attached hydrogen (secondary N) is 1. The number of alkyl carbamates (subject to hydrolysis) is 1. The van der Waals surface area contributed by atoms with Gasteiger partial charge in [0.1, 0.15) is 66.0 Å². The summed E-state index contributed by atoms with van der Waals surface area (Å²) in [6, 6.07) is 19.8. The van der Waals surface area contributed by atoms with Crippen molar-refractivity contribution in [3.63, 3.8) is 0 Å². The van der Waals surface area contributed by atoms with Crippen LogP contribution in [0.5, 0.6) is 28.7 Å². The maximum absolute atomic E-state index is 12.2. The highest BCUT2D eigenvalue weighted by Gasteiger charge is 2.37. The first-order valence-corrected chi connectivity index (χ1v) is 15.8. The fraction of sp³-hybridized carbons (Fsp3) is 0.389. The van der Waals surface area contributed by atoms with Crippen LogP contribution in [0.15, 0.2) is 84.0 Å². The van der Waals surface area contributed by atoms with Crippen LogP contribution in [0.25, 0.3) is 0 Å². The molecule has 2 aliphatic rings. The molecule has 2 heterocycles. The summed E-state index contributed by atoms with van der Waals surface area (Å²) in [4.78, 5) is 18.0. The number of hydrogen-bond acceptors (Lipinski definition) is 11. The molecule has 12 nitrogen and oxygen atoms in total. The molecule has 5 rings (SSSR count). The molecule has 5 atom stereocenters. The Kier molecular flexibility index (Phi) is 12.0. The summed E-state index contributed by atoms with van der Waals surface area (Å²) in [5.41, 5.74) is 1.59. The van der Waals surface area contributed by atoms with Crippen molar-refractivity contribution >= 4 is 11.8 Å². The number of carbonyl (C=O) groups is 1. The van der Waals surface area contributed by atoms with E-state index in [0.29, 0.717) is 53.0 Å². The monoisotopic (exact) mass is 662 g/mol. The second-order valence-electron chi connectivity index (χ2n) is 11.1. The second kappa shape index (κ2) is 16.8. The molecule has 0 aromatic heterocycles. The quantitative estimate of drug-likeness (QED) is 0.134. The number of rotatable bonds is 14. The number of amides is 1. The number of methoxy groups -OCH3 is 3. The Balaban J connectivity index is 1.27. The van der Waals surface area contributed by atoms with Gasteiger partial charge in [0.2, 0.25) is 0 Å². The van der Waals surface area contributed by atoms with Crippen LogP contribution in [0.3, 0.4) is 0 Å². The molecule has 0 bridgehead atoms. The molecule has 256 valence electrons. The first-order valence-electron chi connectivity index (χ1n) is 15.8. The fourth-order valence-electron chi connectivity index (χ4n) is 5.26. The first-order chi connectivity index (χ1) is 23.4. The number of nitrogens with zero attached hydrogens (tertiary/aromatic N) is 1. The highest BCUT2D eigenvalue weighted by atomic mass is 16.6. The third kappa shape index (κ3) is 8.69. The highest BCUT2D eigenvalue weighted by Crippen LogP contribution is 2.38. The van der Waals surface area contributed by atoms with E-state index in [-0.39, 0.29) is 19.3 Å². The number of oxime groups is 1. The lowest BCUT2D eigenvalue weighted by atomic mass is 9.92. The summed E-state index contributed by atoms with van der Waals surface area (Å²) in [7, 11) is 4.74. The zero-order valence-electron chi connectivity index (χ0n) is 27.5. The van der Waals surface area contributed by atoms with E-state index in [1.54, 1.807) is 63.8 Å². The molecular weight excluding hydrogens is 620 g/mol. The molecule has 3 aromatic carbocycles. The zero-order chi connectivity index (χ0) is 33.9. The maximum Gasteiger partial charge on any atom is 0.407 e. The predicted molar refractivity (Wildman–Crippen MR) is 177 cm³/mol. The van der Waals surface area contributed by atoms with Crippen molar-refractivity contribution in [2.24, 2.45) is 5.16 Å². The van der Waals surface area contributed by atoms with E-state index >= 15 is 0 Å². The van der Waals surface area contributed by atoms with E-state index < -0.39 is 30.5 Å². The molecule has 0 spiro atoms. The number of hydrogen-bond donors (Lipinski definition) is 2. The molecule has 1 amide bonds. The van der Waals surface area contributed by atoms with E-state index in [4.69, 9.17) is 38.0 Å². The number of carbonyl (C=O) groups excluding carboxylic acids is 1. The Hall–Kier alpha value is -4.94. The summed E-state index contributed by atoms with van der Waals surface area (Å²) in [5.74, 6) is 3.08. The lowest BCUT2D eigenvalue weighted by Crippen LogP contribution is -2.43. The minimum atomic E-state index is -1.14. The lowest BCUT2D eigenvalue weighted by Gasteiger charge is -2.32. The van der Waals surface area contributed by atoms with Crippen LogP contribution >= 0.6 is 0 Å². The minimum Gasteiger partial charge on any atom is -0.497 e. The highest BCUT2D eigenvalue weighted by molar-refractivity contribution is 6.07. The molecule has 0 unspecified atom stereocenters. The van der Waals surface area contributed by atoms with E-state index in [0.717, 1.165) is 12.0 Å². The molecule has 0 radical (unpaired) electrons. The summed E-state index contributed by atoms with van der Waals surface area (Å²) >= 11 is 0. The van der Waals surface area contributed by atoms with Gasteiger partial charge in [-0.3, -0.25) is 0 Å². The average molecular weight is 663 g/mol. The molecule has 3 aromatic rings. The first kappa shape index (κ1) is 34.4. The van der Waals surface area contributed by atoms with E-state index in [1.165, 1.54) is 0 Å². The molecule has 0 aliphatic carbocycles. The second-order valence-corrected chi connectivity index (χ2v) is 11.1. The Labute approximate surface area is 280 Å². The van der Waals surface area contributed by atoms with E-state index in [2.05, 4.69) is 10.5 Å². The SMILES string of the molecule is CCCNC(=O)OC[C@H]1O[C@H](CCO/N=C2\c3cc(OC)ccc3O[C@H](c3cccc(OC)c3)[C@H]2O)C=C[C@@H]1Oc1ccc(OC)cc1. The van der Waals surface area contributed by atoms with E-state index in [9.17, 15) is 9.90 Å². The number of fused-ring (bicyclic) bond motifs is 1. The Morgan fingerprint density at radius 2 is 1.65 bits per heavy atom. The van der Waals surface area contributed by atoms with Gasteiger partial charge in [0.25, 0.3) is 0 Å². The van der Waals surface area contributed by atoms with Gasteiger partial charge in [-0.2, -0.15) is 0 Å². The van der Waals surface area contributed by atoms with Gasteiger partial charge >= 0.3 is 6.09 Å². The van der Waals surface area contributed by atoms with Crippen LogP contribution in [0.2, 0.25) is 0 Å². The van der Waals surface area contributed by atoms with Gasteiger partial charge in [-0.25, -0.2) is 4.79 Å². The average Bonchev–Trinajstić information content (AvgIpc) is 3.12. The molecule has 12 heteroatoms. The summed E-state index contributed by atoms with van der Waals surface area (Å²) in [6.07, 6.45) is 1.14. The van der Waals surface area contributed by atoms with Crippen molar-refractivity contribution in [2.45, 2.75) is 50.3 Å². The summed E-state index contributed by atoms with van der Waals surface area (Å²) in [6.45, 7) is 2.63. The largest absolute Gasteiger partial charge is 0.497 e. The van der Waals surface area contributed by atoms with Gasteiger partial charge in [-0.1, -0.05) is 30.3 Å². The number of aliphatic hydroxyl groups is 1. The summed E-state index contributed by atoms with van der Waals surface area (Å²) < 4.78 is 40.1. The van der Waals surface area contributed by atoms with Crippen LogP contribution < -0.4 is 29.0 Å². The molecule has 2 aliphatic heterocycles. The van der Waals surface area contributed by atoms with Crippen molar-refractivity contribution in [2.75, 3.05) is 41.1 Å². The molecule has 0 fully saturated rings. The lowest BCUT2D eigenvalue weighted by molar-refractivity contribution is -0.0808. The third-order valence-corrected chi connectivity index (χ3v) is 7.82. The Morgan fingerprint density at radius 1 is 0.917 bits per heavy atom. The van der Waals surface area contributed by atoms with Gasteiger partial charge in [0, 0.05) is 18.5 Å². The molecule has 0 saturated heterocycles. The number of aliphatic hydroxyl groups excluding tert-OH is 1. The molecule has 2 N–H and O–H groups in total. The summed E-state index contributed by atoms with van der Waals surface area (Å²) in [5, 5.41) is 18.5. The fourth-order valence-corrected chi connectivity index (χ4v) is 5.26. The number of ether oxygens (including phenoxy) is 7. The van der Waals surface area contributed by atoms with Crippen molar-refractivity contribution in [1.82, 2.24) is 5.32 Å². The van der Waals surface area contributed by atoms with Gasteiger partial charge in [0.15, 0.2) is 6.10 Å². The normalized spacial score (nSPS) is 22.2. The van der Waals surface area contributed by atoms with Crippen molar-refractivity contribution < 1.29 is 47.9 Å². The van der Waals surface area contributed by atoms with Gasteiger partial charge in [-0.15, -0.1) is 0 Å². The van der Waals surface area contributed by atoms with Crippen LogP contribution in [-0.2, 0) is 14.3 Å². The Morgan fingerprint density at radius 3 is 2.40 bits per heavy atom. The topological polar surface area (TPSA) is 136 Å². The van der Waals surface area contributed by atoms with Crippen LogP contribution in [-0.4, -0.2) is 82.4 Å². The van der Waals surface area contributed by atoms with Crippen LogP contribution in [0, 0.1) is 0 Å². The Bertz CT molecular complexity index is 1560. The maximum atomic E-state index is 12.2. The van der Waals surface area contributed by atoms with Crippen LogP contribution in [0.4, 0.5) is 4.79 Å². The standard InChI is InChI=1S/C36H42N2O10/c1-5-18-37-36(40)44-22-32-31(46-25-11-9-24(41-2)10-12-25)16-13-26(47-32)17-19-45-38-33-29-21-28(43-4)14-15-30(29)48-35(34(33)39)23-7-6-8-27(20-23)42-3/h6-16,20-21,26,31-32,34-35,39H,5,17-19,22H2,1-4H3,(H,37,40)/b38-33+/t26-,31-,32+,34-,35+/m0/s1. The third-order valence-electron chi connectivity index (χ3n) is 7.82. The van der Waals surface area contributed by atoms with Crippen molar-refractivity contribution in [1.29, 1.82) is 0 Å². The minimum absolute atomic E-state index is 0.0170. The van der Waals surface area contributed by atoms with Crippen molar-refractivity contribution in [3.8, 4) is 28.7 Å². The van der Waals surface area contributed by atoms with Gasteiger partial charge in [-0.05, 0) is 72.7 Å². The molecule has 48 heavy (non-hydrogen) atoms. The number of benzene rings is 3. The van der Waals surface area contributed by atoms with Gasteiger partial charge in [0.05, 0.1) is 27.4 Å². The predicted octanol–water partition coefficient (Wildman–Crippen LogP) is 5.23.